The van der Waals surface area contributed by atoms with Crippen LogP contribution in [0.1, 0.15) is 18.2 Å². The molecule has 20 heavy (non-hydrogen) atoms. The number of ether oxygens (including phenoxy) is 1. The fourth-order valence-electron chi connectivity index (χ4n) is 2.07. The number of nitrogens with two attached hydrogens (primary N) is 1. The highest BCUT2D eigenvalue weighted by molar-refractivity contribution is 5.32. The highest BCUT2D eigenvalue weighted by Gasteiger charge is 2.07. The molecular weight excluding hydrogens is 252 g/mol. The molecule has 0 unspecified atom stereocenters. The van der Waals surface area contributed by atoms with Gasteiger partial charge in [-0.05, 0) is 24.7 Å². The Bertz CT molecular complexity index is 497. The van der Waals surface area contributed by atoms with E-state index in [0.717, 1.165) is 36.7 Å². The second kappa shape index (κ2) is 7.72. The summed E-state index contributed by atoms with van der Waals surface area (Å²) in [7, 11) is 0. The van der Waals surface area contributed by atoms with Gasteiger partial charge in [0.25, 0.3) is 0 Å². The lowest BCUT2D eigenvalue weighted by atomic mass is 10.2. The van der Waals surface area contributed by atoms with E-state index in [-0.39, 0.29) is 0 Å². The summed E-state index contributed by atoms with van der Waals surface area (Å²) in [6.45, 7) is 5.91. The van der Waals surface area contributed by atoms with Gasteiger partial charge in [0, 0.05) is 18.7 Å². The first-order valence-corrected chi connectivity index (χ1v) is 6.99. The minimum absolute atomic E-state index is 0.500. The van der Waals surface area contributed by atoms with E-state index in [4.69, 9.17) is 14.9 Å². The summed E-state index contributed by atoms with van der Waals surface area (Å²) in [5.74, 6) is 1.86. The van der Waals surface area contributed by atoms with Crippen molar-refractivity contribution in [2.75, 3.05) is 19.7 Å². The molecule has 0 aliphatic carbocycles. The molecule has 0 bridgehead atoms. The van der Waals surface area contributed by atoms with E-state index in [1.807, 2.05) is 36.4 Å². The van der Waals surface area contributed by atoms with Gasteiger partial charge in [0.15, 0.2) is 0 Å². The molecule has 108 valence electrons. The van der Waals surface area contributed by atoms with Gasteiger partial charge in [-0.1, -0.05) is 25.1 Å². The molecule has 0 fully saturated rings. The molecule has 1 heterocycles. The Labute approximate surface area is 120 Å². The minimum Gasteiger partial charge on any atom is -0.492 e. The van der Waals surface area contributed by atoms with Crippen LogP contribution in [0.4, 0.5) is 0 Å². The van der Waals surface area contributed by atoms with E-state index < -0.39 is 0 Å². The number of para-hydroxylation sites is 1. The fraction of sp³-hybridized carbons (Fsp3) is 0.375. The number of nitrogens with zero attached hydrogens (tertiary/aromatic N) is 1. The van der Waals surface area contributed by atoms with Gasteiger partial charge < -0.3 is 14.9 Å². The lowest BCUT2D eigenvalue weighted by Crippen LogP contribution is -2.27. The van der Waals surface area contributed by atoms with E-state index in [9.17, 15) is 0 Å². The van der Waals surface area contributed by atoms with Crippen LogP contribution in [-0.4, -0.2) is 24.6 Å². The van der Waals surface area contributed by atoms with E-state index in [2.05, 4.69) is 11.8 Å². The van der Waals surface area contributed by atoms with Crippen LogP contribution in [0.3, 0.4) is 0 Å². The van der Waals surface area contributed by atoms with E-state index >= 15 is 0 Å². The van der Waals surface area contributed by atoms with Crippen molar-refractivity contribution >= 4 is 0 Å². The molecule has 0 aliphatic heterocycles. The van der Waals surface area contributed by atoms with Crippen LogP contribution >= 0.6 is 0 Å². The third kappa shape index (κ3) is 4.11. The molecule has 0 amide bonds. The Morgan fingerprint density at radius 1 is 1.20 bits per heavy atom. The zero-order valence-electron chi connectivity index (χ0n) is 11.9. The molecule has 0 spiro atoms. The molecule has 1 aromatic heterocycles. The van der Waals surface area contributed by atoms with Gasteiger partial charge in [-0.2, -0.15) is 0 Å². The zero-order chi connectivity index (χ0) is 14.2. The summed E-state index contributed by atoms with van der Waals surface area (Å²) in [5.41, 5.74) is 6.74. The Morgan fingerprint density at radius 2 is 2.05 bits per heavy atom. The number of likely N-dealkylation sites (N-methyl/N-ethyl adjacent to an activating group) is 1. The normalized spacial score (nSPS) is 10.9. The first-order chi connectivity index (χ1) is 9.83. The van der Waals surface area contributed by atoms with Gasteiger partial charge in [-0.3, -0.25) is 4.90 Å². The maximum Gasteiger partial charge on any atom is 0.123 e. The second-order valence-corrected chi connectivity index (χ2v) is 4.61. The summed E-state index contributed by atoms with van der Waals surface area (Å²) in [6.07, 6.45) is 1.71. The van der Waals surface area contributed by atoms with Crippen LogP contribution in [0.2, 0.25) is 0 Å². The van der Waals surface area contributed by atoms with E-state index in [0.29, 0.717) is 13.2 Å². The number of benzene rings is 1. The van der Waals surface area contributed by atoms with Gasteiger partial charge in [0.05, 0.1) is 12.8 Å². The van der Waals surface area contributed by atoms with Gasteiger partial charge in [0.1, 0.15) is 18.1 Å². The van der Waals surface area contributed by atoms with Crippen molar-refractivity contribution in [1.82, 2.24) is 4.90 Å². The molecular formula is C16H22N2O2. The Balaban J connectivity index is 1.81. The van der Waals surface area contributed by atoms with Crippen LogP contribution in [0, 0.1) is 0 Å². The molecule has 0 saturated carbocycles. The number of hydrogen-bond donors (Lipinski definition) is 1. The van der Waals surface area contributed by atoms with Crippen molar-refractivity contribution in [2.24, 2.45) is 5.73 Å². The Morgan fingerprint density at radius 3 is 2.75 bits per heavy atom. The standard InChI is InChI=1S/C16H22N2O2/c1-2-18(13-15-7-5-10-19-15)9-11-20-16-8-4-3-6-14(16)12-17/h3-8,10H,2,9,11-13,17H2,1H3. The molecule has 2 N–H and O–H groups in total. The van der Waals surface area contributed by atoms with Crippen molar-refractivity contribution < 1.29 is 9.15 Å². The van der Waals surface area contributed by atoms with Crippen molar-refractivity contribution in [3.63, 3.8) is 0 Å². The maximum absolute atomic E-state index is 5.83. The summed E-state index contributed by atoms with van der Waals surface area (Å²) in [6, 6.07) is 11.8. The minimum atomic E-state index is 0.500. The monoisotopic (exact) mass is 274 g/mol. The smallest absolute Gasteiger partial charge is 0.123 e. The Hall–Kier alpha value is -1.78. The quantitative estimate of drug-likeness (QED) is 0.804. The average Bonchev–Trinajstić information content (AvgIpc) is 2.99. The SMILES string of the molecule is CCN(CCOc1ccccc1CN)Cc1ccco1. The molecule has 4 heteroatoms. The predicted octanol–water partition coefficient (Wildman–Crippen LogP) is 2.64. The second-order valence-electron chi connectivity index (χ2n) is 4.61. The Kier molecular flexibility index (Phi) is 5.65. The van der Waals surface area contributed by atoms with E-state index in [1.165, 1.54) is 0 Å². The van der Waals surface area contributed by atoms with Gasteiger partial charge in [-0.15, -0.1) is 0 Å². The number of furan rings is 1. The molecule has 0 radical (unpaired) electrons. The summed E-state index contributed by atoms with van der Waals surface area (Å²) >= 11 is 0. The lowest BCUT2D eigenvalue weighted by molar-refractivity contribution is 0.198. The topological polar surface area (TPSA) is 51.6 Å². The summed E-state index contributed by atoms with van der Waals surface area (Å²) < 4.78 is 11.2. The molecule has 2 rings (SSSR count). The average molecular weight is 274 g/mol. The molecule has 1 aromatic carbocycles. The van der Waals surface area contributed by atoms with Gasteiger partial charge >= 0.3 is 0 Å². The van der Waals surface area contributed by atoms with Crippen LogP contribution in [-0.2, 0) is 13.1 Å². The van der Waals surface area contributed by atoms with Crippen LogP contribution in [0.25, 0.3) is 0 Å². The number of hydrogen-bond acceptors (Lipinski definition) is 4. The predicted molar refractivity (Wildman–Crippen MR) is 79.5 cm³/mol. The van der Waals surface area contributed by atoms with Crippen LogP contribution in [0.5, 0.6) is 5.75 Å². The maximum atomic E-state index is 5.83. The van der Waals surface area contributed by atoms with Crippen molar-refractivity contribution in [3.05, 3.63) is 54.0 Å². The number of rotatable bonds is 8. The summed E-state index contributed by atoms with van der Waals surface area (Å²) in [4.78, 5) is 2.28. The van der Waals surface area contributed by atoms with Crippen molar-refractivity contribution in [1.29, 1.82) is 0 Å². The molecule has 0 aliphatic rings. The van der Waals surface area contributed by atoms with Gasteiger partial charge in [-0.25, -0.2) is 0 Å². The van der Waals surface area contributed by atoms with Crippen molar-refractivity contribution in [3.8, 4) is 5.75 Å². The highest BCUT2D eigenvalue weighted by Crippen LogP contribution is 2.17. The summed E-state index contributed by atoms with van der Waals surface area (Å²) in [5, 5.41) is 0. The van der Waals surface area contributed by atoms with Gasteiger partial charge in [0.2, 0.25) is 0 Å². The molecule has 0 atom stereocenters. The van der Waals surface area contributed by atoms with Crippen LogP contribution in [0.15, 0.2) is 47.1 Å². The molecule has 2 aromatic rings. The van der Waals surface area contributed by atoms with Crippen molar-refractivity contribution in [2.45, 2.75) is 20.0 Å². The highest BCUT2D eigenvalue weighted by atomic mass is 16.5. The largest absolute Gasteiger partial charge is 0.492 e. The van der Waals surface area contributed by atoms with Crippen LogP contribution < -0.4 is 10.5 Å². The molecule has 4 nitrogen and oxygen atoms in total. The first-order valence-electron chi connectivity index (χ1n) is 6.99. The zero-order valence-corrected chi connectivity index (χ0v) is 11.9. The molecule has 0 saturated heterocycles. The lowest BCUT2D eigenvalue weighted by Gasteiger charge is -2.19. The third-order valence-corrected chi connectivity index (χ3v) is 3.26. The first kappa shape index (κ1) is 14.6. The third-order valence-electron chi connectivity index (χ3n) is 3.26. The fourth-order valence-corrected chi connectivity index (χ4v) is 2.07. The van der Waals surface area contributed by atoms with E-state index in [1.54, 1.807) is 6.26 Å².